The van der Waals surface area contributed by atoms with Gasteiger partial charge < -0.3 is 24.8 Å². The van der Waals surface area contributed by atoms with Crippen LogP contribution in [0.15, 0.2) is 66.7 Å². The molecule has 1 fully saturated rings. The molecule has 8 heteroatoms. The summed E-state index contributed by atoms with van der Waals surface area (Å²) in [5.74, 6) is -0.0268. The van der Waals surface area contributed by atoms with E-state index in [-0.39, 0.29) is 29.9 Å². The maximum atomic E-state index is 13.0. The summed E-state index contributed by atoms with van der Waals surface area (Å²) in [6, 6.07) is 19.0. The van der Waals surface area contributed by atoms with Crippen LogP contribution in [-0.4, -0.2) is 32.0 Å². The first kappa shape index (κ1) is 24.8. The first-order valence-electron chi connectivity index (χ1n) is 11.6. The molecule has 1 saturated carbocycles. The Morgan fingerprint density at radius 1 is 0.889 bits per heavy atom. The van der Waals surface area contributed by atoms with Crippen LogP contribution in [0.5, 0.6) is 11.5 Å². The Morgan fingerprint density at radius 2 is 1.53 bits per heavy atom. The fourth-order valence-corrected chi connectivity index (χ4v) is 3.77. The molecule has 0 heterocycles. The molecule has 0 spiro atoms. The van der Waals surface area contributed by atoms with Crippen molar-refractivity contribution in [2.75, 3.05) is 24.9 Å². The lowest BCUT2D eigenvalue weighted by Gasteiger charge is -2.15. The second kappa shape index (κ2) is 10.9. The van der Waals surface area contributed by atoms with Crippen LogP contribution in [0.4, 0.5) is 11.4 Å². The summed E-state index contributed by atoms with van der Waals surface area (Å²) in [4.78, 5) is 37.9. The van der Waals surface area contributed by atoms with Gasteiger partial charge in [-0.15, -0.1) is 0 Å². The van der Waals surface area contributed by atoms with E-state index in [0.29, 0.717) is 39.9 Å². The minimum absolute atomic E-state index is 0.0131. The summed E-state index contributed by atoms with van der Waals surface area (Å²) >= 11 is 0. The average molecular weight is 489 g/mol. The molecule has 4 rings (SSSR count). The standard InChI is InChI=1S/C28H28N2O6/c1-17-13-21(17)27(32)30-23-15-25(35-3)24(34-2)14-22(23)28(33)36-16-18-9-11-19(12-10-18)26(31)29-20-7-5-4-6-8-20/h4-12,14-15,17,21H,13,16H2,1-3H3,(H,29,31)(H,30,32). The maximum absolute atomic E-state index is 13.0. The highest BCUT2D eigenvalue weighted by Gasteiger charge is 2.39. The predicted octanol–water partition coefficient (Wildman–Crippen LogP) is 4.91. The van der Waals surface area contributed by atoms with Crippen molar-refractivity contribution in [1.82, 2.24) is 0 Å². The van der Waals surface area contributed by atoms with Gasteiger partial charge in [0, 0.05) is 29.3 Å². The third-order valence-corrected chi connectivity index (χ3v) is 6.07. The molecule has 3 aromatic carbocycles. The van der Waals surface area contributed by atoms with E-state index in [2.05, 4.69) is 10.6 Å². The van der Waals surface area contributed by atoms with Gasteiger partial charge in [0.05, 0.1) is 25.5 Å². The molecule has 0 aliphatic heterocycles. The summed E-state index contributed by atoms with van der Waals surface area (Å²) in [5.41, 5.74) is 2.35. The molecule has 2 amide bonds. The molecule has 2 unspecified atom stereocenters. The first-order valence-corrected chi connectivity index (χ1v) is 11.6. The summed E-state index contributed by atoms with van der Waals surface area (Å²) < 4.78 is 16.2. The monoisotopic (exact) mass is 488 g/mol. The molecular formula is C28H28N2O6. The van der Waals surface area contributed by atoms with Crippen LogP contribution >= 0.6 is 0 Å². The van der Waals surface area contributed by atoms with Gasteiger partial charge in [-0.25, -0.2) is 4.79 Å². The van der Waals surface area contributed by atoms with Crippen molar-refractivity contribution < 1.29 is 28.6 Å². The number of carbonyl (C=O) groups excluding carboxylic acids is 3. The molecule has 2 atom stereocenters. The number of hydrogen-bond acceptors (Lipinski definition) is 6. The van der Waals surface area contributed by atoms with Gasteiger partial charge in [-0.05, 0) is 42.2 Å². The van der Waals surface area contributed by atoms with Crippen molar-refractivity contribution in [1.29, 1.82) is 0 Å². The zero-order valence-electron chi connectivity index (χ0n) is 20.4. The number of hydrogen-bond donors (Lipinski definition) is 2. The Hall–Kier alpha value is -4.33. The van der Waals surface area contributed by atoms with Crippen LogP contribution in [-0.2, 0) is 16.1 Å². The Bertz CT molecular complexity index is 1260. The van der Waals surface area contributed by atoms with E-state index in [4.69, 9.17) is 14.2 Å². The van der Waals surface area contributed by atoms with Gasteiger partial charge in [0.2, 0.25) is 5.91 Å². The third-order valence-electron chi connectivity index (χ3n) is 6.07. The average Bonchev–Trinajstić information content (AvgIpc) is 3.64. The fourth-order valence-electron chi connectivity index (χ4n) is 3.77. The minimum Gasteiger partial charge on any atom is -0.493 e. The highest BCUT2D eigenvalue weighted by Crippen LogP contribution is 2.40. The van der Waals surface area contributed by atoms with Crippen LogP contribution in [0.3, 0.4) is 0 Å². The van der Waals surface area contributed by atoms with Crippen molar-refractivity contribution in [3.8, 4) is 11.5 Å². The number of anilines is 2. The number of para-hydroxylation sites is 1. The van der Waals surface area contributed by atoms with Crippen LogP contribution in [0, 0.1) is 11.8 Å². The summed E-state index contributed by atoms with van der Waals surface area (Å²) in [7, 11) is 2.95. The minimum atomic E-state index is -0.624. The molecule has 2 N–H and O–H groups in total. The summed E-state index contributed by atoms with van der Waals surface area (Å²) in [6.07, 6.45) is 0.818. The van der Waals surface area contributed by atoms with Gasteiger partial charge in [-0.1, -0.05) is 37.3 Å². The SMILES string of the molecule is COc1cc(NC(=O)C2CC2C)c(C(=O)OCc2ccc(C(=O)Nc3ccccc3)cc2)cc1OC. The zero-order chi connectivity index (χ0) is 25.7. The van der Waals surface area contributed by atoms with Crippen LogP contribution < -0.4 is 20.1 Å². The number of methoxy groups -OCH3 is 2. The van der Waals surface area contributed by atoms with Crippen molar-refractivity contribution in [2.24, 2.45) is 11.8 Å². The van der Waals surface area contributed by atoms with Gasteiger partial charge in [-0.2, -0.15) is 0 Å². The molecule has 0 radical (unpaired) electrons. The number of amides is 2. The molecule has 3 aromatic rings. The van der Waals surface area contributed by atoms with Gasteiger partial charge in [0.1, 0.15) is 6.61 Å². The Balaban J connectivity index is 1.44. The molecule has 0 saturated heterocycles. The predicted molar refractivity (Wildman–Crippen MR) is 135 cm³/mol. The number of rotatable bonds is 9. The van der Waals surface area contributed by atoms with Gasteiger partial charge in [0.25, 0.3) is 5.91 Å². The van der Waals surface area contributed by atoms with Crippen molar-refractivity contribution >= 4 is 29.2 Å². The number of ether oxygens (including phenoxy) is 3. The molecular weight excluding hydrogens is 460 g/mol. The second-order valence-corrected chi connectivity index (χ2v) is 8.65. The van der Waals surface area contributed by atoms with Crippen LogP contribution in [0.2, 0.25) is 0 Å². The number of esters is 1. The number of carbonyl (C=O) groups is 3. The van der Waals surface area contributed by atoms with Crippen molar-refractivity contribution in [3.63, 3.8) is 0 Å². The summed E-state index contributed by atoms with van der Waals surface area (Å²) in [5, 5.41) is 5.65. The summed E-state index contributed by atoms with van der Waals surface area (Å²) in [6.45, 7) is 1.99. The van der Waals surface area contributed by atoms with E-state index in [1.807, 2.05) is 37.3 Å². The largest absolute Gasteiger partial charge is 0.493 e. The third kappa shape index (κ3) is 5.83. The van der Waals surface area contributed by atoms with E-state index >= 15 is 0 Å². The topological polar surface area (TPSA) is 103 Å². The maximum Gasteiger partial charge on any atom is 0.340 e. The molecule has 8 nitrogen and oxygen atoms in total. The molecule has 0 bridgehead atoms. The van der Waals surface area contributed by atoms with Gasteiger partial charge in [-0.3, -0.25) is 9.59 Å². The number of benzene rings is 3. The smallest absolute Gasteiger partial charge is 0.340 e. The molecule has 36 heavy (non-hydrogen) atoms. The highest BCUT2D eigenvalue weighted by atomic mass is 16.5. The van der Waals surface area contributed by atoms with E-state index in [0.717, 1.165) is 6.42 Å². The highest BCUT2D eigenvalue weighted by molar-refractivity contribution is 6.04. The lowest BCUT2D eigenvalue weighted by molar-refractivity contribution is -0.117. The quantitative estimate of drug-likeness (QED) is 0.415. The molecule has 186 valence electrons. The van der Waals surface area contributed by atoms with Crippen LogP contribution in [0.1, 0.15) is 39.6 Å². The van der Waals surface area contributed by atoms with Gasteiger partial charge >= 0.3 is 5.97 Å². The zero-order valence-corrected chi connectivity index (χ0v) is 20.4. The molecule has 1 aliphatic carbocycles. The molecule has 0 aromatic heterocycles. The second-order valence-electron chi connectivity index (χ2n) is 8.65. The van der Waals surface area contributed by atoms with Crippen LogP contribution in [0.25, 0.3) is 0 Å². The van der Waals surface area contributed by atoms with E-state index in [1.54, 1.807) is 30.3 Å². The number of nitrogens with one attached hydrogen (secondary N) is 2. The van der Waals surface area contributed by atoms with Crippen molar-refractivity contribution in [2.45, 2.75) is 20.0 Å². The molecule has 1 aliphatic rings. The Morgan fingerprint density at radius 3 is 2.14 bits per heavy atom. The fraction of sp³-hybridized carbons (Fsp3) is 0.250. The van der Waals surface area contributed by atoms with E-state index < -0.39 is 5.97 Å². The Kier molecular flexibility index (Phi) is 7.53. The lowest BCUT2D eigenvalue weighted by Crippen LogP contribution is -2.18. The van der Waals surface area contributed by atoms with Crippen molar-refractivity contribution in [3.05, 3.63) is 83.4 Å². The van der Waals surface area contributed by atoms with Gasteiger partial charge in [0.15, 0.2) is 11.5 Å². The van der Waals surface area contributed by atoms with E-state index in [1.165, 1.54) is 20.3 Å². The first-order chi connectivity index (χ1) is 17.4. The lowest BCUT2D eigenvalue weighted by atomic mass is 10.1. The normalized spacial score (nSPS) is 16.0. The Labute approximate surface area is 209 Å². The van der Waals surface area contributed by atoms with E-state index in [9.17, 15) is 14.4 Å².